The molecular formula is C26H17NO3. The number of hydrogen-bond donors (Lipinski definition) is 0. The molecule has 1 heterocycles. The molecule has 0 atom stereocenters. The lowest BCUT2D eigenvalue weighted by Crippen LogP contribution is -2.40. The fourth-order valence-electron chi connectivity index (χ4n) is 3.97. The summed E-state index contributed by atoms with van der Waals surface area (Å²) in [7, 11) is 0. The molecule has 144 valence electrons. The Labute approximate surface area is 173 Å². The van der Waals surface area contributed by atoms with Crippen molar-refractivity contribution in [3.8, 4) is 0 Å². The standard InChI is InChI=1S/C26H17NO3/c1-16-10-12-18(13-11-16)27-25(29)21-9-5-8-19-20(14-15-22(23(19)21)26(27)30)24(28)17-6-3-2-4-7-17/h2-15H,1H3. The Morgan fingerprint density at radius 1 is 0.700 bits per heavy atom. The summed E-state index contributed by atoms with van der Waals surface area (Å²) in [4.78, 5) is 40.8. The van der Waals surface area contributed by atoms with Crippen molar-refractivity contribution in [2.24, 2.45) is 0 Å². The number of rotatable bonds is 3. The van der Waals surface area contributed by atoms with Crippen LogP contribution in [0, 0.1) is 6.92 Å². The highest BCUT2D eigenvalue weighted by atomic mass is 16.2. The van der Waals surface area contributed by atoms with E-state index in [1.807, 2.05) is 37.3 Å². The number of amides is 2. The van der Waals surface area contributed by atoms with E-state index >= 15 is 0 Å². The van der Waals surface area contributed by atoms with Gasteiger partial charge >= 0.3 is 0 Å². The second-order valence-corrected chi connectivity index (χ2v) is 7.37. The van der Waals surface area contributed by atoms with Crippen LogP contribution in [0.5, 0.6) is 0 Å². The van der Waals surface area contributed by atoms with E-state index in [0.29, 0.717) is 38.7 Å². The summed E-state index contributed by atoms with van der Waals surface area (Å²) in [6, 6.07) is 24.8. The summed E-state index contributed by atoms with van der Waals surface area (Å²) in [6.07, 6.45) is 0. The predicted octanol–water partition coefficient (Wildman–Crippen LogP) is 5.18. The second kappa shape index (κ2) is 6.78. The Morgan fingerprint density at radius 2 is 1.37 bits per heavy atom. The SMILES string of the molecule is Cc1ccc(N2C(=O)c3cccc4c(C(=O)c5ccccc5)ccc(c34)C2=O)cc1. The summed E-state index contributed by atoms with van der Waals surface area (Å²) < 4.78 is 0. The number of anilines is 1. The van der Waals surface area contributed by atoms with E-state index in [-0.39, 0.29) is 17.6 Å². The molecule has 0 fully saturated rings. The van der Waals surface area contributed by atoms with Crippen molar-refractivity contribution in [3.05, 3.63) is 113 Å². The zero-order chi connectivity index (χ0) is 20.8. The van der Waals surface area contributed by atoms with Gasteiger partial charge in [-0.3, -0.25) is 14.4 Å². The molecule has 4 aromatic rings. The highest BCUT2D eigenvalue weighted by molar-refractivity contribution is 6.37. The van der Waals surface area contributed by atoms with Crippen LogP contribution < -0.4 is 4.90 Å². The van der Waals surface area contributed by atoms with Gasteiger partial charge in [0, 0.05) is 27.6 Å². The van der Waals surface area contributed by atoms with Crippen molar-refractivity contribution in [1.82, 2.24) is 0 Å². The van der Waals surface area contributed by atoms with Gasteiger partial charge in [-0.05, 0) is 42.6 Å². The number of aryl methyl sites for hydroxylation is 1. The van der Waals surface area contributed by atoms with Gasteiger partial charge in [0.15, 0.2) is 5.78 Å². The summed E-state index contributed by atoms with van der Waals surface area (Å²) >= 11 is 0. The van der Waals surface area contributed by atoms with E-state index in [2.05, 4.69) is 0 Å². The third-order valence-corrected chi connectivity index (χ3v) is 5.48. The fourth-order valence-corrected chi connectivity index (χ4v) is 3.97. The van der Waals surface area contributed by atoms with Gasteiger partial charge in [-0.15, -0.1) is 0 Å². The smallest absolute Gasteiger partial charge is 0.265 e. The van der Waals surface area contributed by atoms with Crippen molar-refractivity contribution in [1.29, 1.82) is 0 Å². The molecule has 0 N–H and O–H groups in total. The molecule has 4 heteroatoms. The van der Waals surface area contributed by atoms with Gasteiger partial charge in [0.1, 0.15) is 0 Å². The van der Waals surface area contributed by atoms with Gasteiger partial charge in [-0.25, -0.2) is 4.90 Å². The maximum atomic E-state index is 13.3. The maximum Gasteiger partial charge on any atom is 0.265 e. The lowest BCUT2D eigenvalue weighted by atomic mass is 9.88. The highest BCUT2D eigenvalue weighted by Gasteiger charge is 2.34. The average molecular weight is 391 g/mol. The monoisotopic (exact) mass is 391 g/mol. The molecule has 0 aliphatic carbocycles. The van der Waals surface area contributed by atoms with Crippen LogP contribution >= 0.6 is 0 Å². The Kier molecular flexibility index (Phi) is 4.07. The van der Waals surface area contributed by atoms with E-state index < -0.39 is 0 Å². The number of hydrogen-bond acceptors (Lipinski definition) is 3. The van der Waals surface area contributed by atoms with Crippen molar-refractivity contribution >= 4 is 34.1 Å². The lowest BCUT2D eigenvalue weighted by molar-refractivity contribution is 0.0892. The van der Waals surface area contributed by atoms with Gasteiger partial charge in [-0.1, -0.05) is 60.2 Å². The van der Waals surface area contributed by atoms with Crippen LogP contribution in [0.15, 0.2) is 84.9 Å². The van der Waals surface area contributed by atoms with E-state index in [1.54, 1.807) is 54.6 Å². The molecule has 4 aromatic carbocycles. The maximum absolute atomic E-state index is 13.3. The molecule has 0 aromatic heterocycles. The summed E-state index contributed by atoms with van der Waals surface area (Å²) in [5, 5.41) is 1.15. The predicted molar refractivity (Wildman–Crippen MR) is 116 cm³/mol. The molecule has 4 nitrogen and oxygen atoms in total. The summed E-state index contributed by atoms with van der Waals surface area (Å²) in [5.74, 6) is -0.905. The summed E-state index contributed by atoms with van der Waals surface area (Å²) in [5.41, 5.74) is 3.46. The minimum atomic E-state index is -0.383. The molecule has 30 heavy (non-hydrogen) atoms. The third kappa shape index (κ3) is 2.65. The Hall–Kier alpha value is -4.05. The van der Waals surface area contributed by atoms with Gasteiger partial charge in [0.2, 0.25) is 0 Å². The number of imide groups is 1. The molecule has 2 amide bonds. The number of ketones is 1. The minimum absolute atomic E-state index is 0.139. The largest absolute Gasteiger partial charge is 0.289 e. The fraction of sp³-hybridized carbons (Fsp3) is 0.0385. The molecule has 0 spiro atoms. The van der Waals surface area contributed by atoms with E-state index in [1.165, 1.54) is 4.90 Å². The number of carbonyl (C=O) groups excluding carboxylic acids is 3. The molecule has 0 bridgehead atoms. The molecule has 1 aliphatic rings. The zero-order valence-corrected chi connectivity index (χ0v) is 16.3. The first kappa shape index (κ1) is 18.0. The van der Waals surface area contributed by atoms with E-state index in [9.17, 15) is 14.4 Å². The van der Waals surface area contributed by atoms with Gasteiger partial charge in [0.05, 0.1) is 5.69 Å². The van der Waals surface area contributed by atoms with Gasteiger partial charge in [-0.2, -0.15) is 0 Å². The van der Waals surface area contributed by atoms with Gasteiger partial charge in [0.25, 0.3) is 11.8 Å². The summed E-state index contributed by atoms with van der Waals surface area (Å²) in [6.45, 7) is 1.95. The number of nitrogens with zero attached hydrogens (tertiary/aromatic N) is 1. The Bertz CT molecular complexity index is 1320. The van der Waals surface area contributed by atoms with Gasteiger partial charge < -0.3 is 0 Å². The minimum Gasteiger partial charge on any atom is -0.289 e. The normalized spacial score (nSPS) is 13.0. The molecule has 1 aliphatic heterocycles. The first-order chi connectivity index (χ1) is 14.6. The van der Waals surface area contributed by atoms with Crippen LogP contribution in [-0.4, -0.2) is 17.6 Å². The molecule has 0 radical (unpaired) electrons. The van der Waals surface area contributed by atoms with Crippen LogP contribution in [0.25, 0.3) is 10.8 Å². The molecular weight excluding hydrogens is 374 g/mol. The number of carbonyl (C=O) groups is 3. The van der Waals surface area contributed by atoms with E-state index in [0.717, 1.165) is 5.56 Å². The Morgan fingerprint density at radius 3 is 2.07 bits per heavy atom. The second-order valence-electron chi connectivity index (χ2n) is 7.37. The third-order valence-electron chi connectivity index (χ3n) is 5.48. The number of benzene rings is 4. The molecule has 0 unspecified atom stereocenters. The first-order valence-corrected chi connectivity index (χ1v) is 9.67. The van der Waals surface area contributed by atoms with Crippen LogP contribution in [-0.2, 0) is 0 Å². The van der Waals surface area contributed by atoms with Crippen LogP contribution in [0.4, 0.5) is 5.69 Å². The quantitative estimate of drug-likeness (QED) is 0.357. The highest BCUT2D eigenvalue weighted by Crippen LogP contribution is 2.35. The van der Waals surface area contributed by atoms with Crippen molar-refractivity contribution in [2.75, 3.05) is 4.90 Å². The zero-order valence-electron chi connectivity index (χ0n) is 16.3. The lowest BCUT2D eigenvalue weighted by Gasteiger charge is -2.27. The molecule has 5 rings (SSSR count). The van der Waals surface area contributed by atoms with Crippen molar-refractivity contribution in [2.45, 2.75) is 6.92 Å². The van der Waals surface area contributed by atoms with Crippen molar-refractivity contribution in [3.63, 3.8) is 0 Å². The topological polar surface area (TPSA) is 54.5 Å². The molecule has 0 saturated heterocycles. The van der Waals surface area contributed by atoms with Crippen LogP contribution in [0.3, 0.4) is 0 Å². The molecule has 0 saturated carbocycles. The van der Waals surface area contributed by atoms with Crippen molar-refractivity contribution < 1.29 is 14.4 Å². The average Bonchev–Trinajstić information content (AvgIpc) is 2.78. The van der Waals surface area contributed by atoms with E-state index in [4.69, 9.17) is 0 Å². The first-order valence-electron chi connectivity index (χ1n) is 9.67. The Balaban J connectivity index is 1.70. The van der Waals surface area contributed by atoms with Crippen LogP contribution in [0.2, 0.25) is 0 Å². The van der Waals surface area contributed by atoms with Crippen LogP contribution in [0.1, 0.15) is 42.2 Å².